The number of amides is 4. The summed E-state index contributed by atoms with van der Waals surface area (Å²) in [5, 5.41) is 10.2. The number of nitrogens with zero attached hydrogens (tertiary/aromatic N) is 7. The van der Waals surface area contributed by atoms with Crippen LogP contribution in [-0.2, 0) is 11.2 Å². The van der Waals surface area contributed by atoms with Crippen molar-refractivity contribution < 1.29 is 27.9 Å². The highest BCUT2D eigenvalue weighted by Crippen LogP contribution is 2.52. The molecule has 2 saturated carbocycles. The Morgan fingerprint density at radius 3 is 2.47 bits per heavy atom. The summed E-state index contributed by atoms with van der Waals surface area (Å²) in [4.78, 5) is 50.0. The molecule has 3 aromatic heterocycles. The molecule has 2 aromatic carbocycles. The number of nitrogens with one attached hydrogen (secondary N) is 2. The van der Waals surface area contributed by atoms with E-state index in [2.05, 4.69) is 32.7 Å². The molecule has 4 amide bonds. The van der Waals surface area contributed by atoms with E-state index in [1.165, 1.54) is 40.9 Å². The molecule has 1 saturated heterocycles. The van der Waals surface area contributed by atoms with Crippen molar-refractivity contribution in [1.29, 1.82) is 0 Å². The topological polar surface area (TPSA) is 163 Å². The van der Waals surface area contributed by atoms with Crippen LogP contribution in [0.4, 0.5) is 36.5 Å². The van der Waals surface area contributed by atoms with Crippen LogP contribution < -0.4 is 30.9 Å². The SMILES string of the molecule is C1CC1.CCCN(C(=O)NC=O)c1cc(C(C(F)F)N2CCC3(CC2)CC(Oc2ccc(-c4cccc5c4CCN5c4cc(NC)c5ncc(C(N)=O)n5n4)nc2)C3)ccc1Cl. The van der Waals surface area contributed by atoms with E-state index in [4.69, 9.17) is 32.2 Å². The number of carbonyl (C=O) groups is 3. The fraction of sp³-hybridized carbons (Fsp3) is 0.422. The number of likely N-dealkylation sites (tertiary alicyclic amines) is 1. The first-order valence-electron chi connectivity index (χ1n) is 21.2. The first-order valence-corrected chi connectivity index (χ1v) is 21.6. The van der Waals surface area contributed by atoms with E-state index < -0.39 is 24.4 Å². The van der Waals surface area contributed by atoms with E-state index in [1.54, 1.807) is 25.4 Å². The number of hydrogen-bond donors (Lipinski definition) is 3. The van der Waals surface area contributed by atoms with Crippen LogP contribution in [0.1, 0.15) is 85.9 Å². The first-order chi connectivity index (χ1) is 30.0. The average molecular weight is 869 g/mol. The van der Waals surface area contributed by atoms with Gasteiger partial charge >= 0.3 is 6.03 Å². The molecule has 1 spiro atoms. The Bertz CT molecular complexity index is 2430. The predicted molar refractivity (Wildman–Crippen MR) is 235 cm³/mol. The van der Waals surface area contributed by atoms with Gasteiger partial charge in [0.25, 0.3) is 12.3 Å². The van der Waals surface area contributed by atoms with E-state index >= 15 is 0 Å². The quantitative estimate of drug-likeness (QED) is 0.0985. The van der Waals surface area contributed by atoms with Gasteiger partial charge in [0.1, 0.15) is 11.4 Å². The molecule has 0 radical (unpaired) electrons. The monoisotopic (exact) mass is 868 g/mol. The highest BCUT2D eigenvalue weighted by Gasteiger charge is 2.48. The van der Waals surface area contributed by atoms with E-state index in [-0.39, 0.29) is 40.9 Å². The minimum atomic E-state index is -2.66. The second-order valence-electron chi connectivity index (χ2n) is 16.4. The molecule has 14 nitrogen and oxygen atoms in total. The lowest BCUT2D eigenvalue weighted by atomic mass is 9.61. The van der Waals surface area contributed by atoms with Crippen LogP contribution in [-0.4, -0.2) is 88.6 Å². The maximum atomic E-state index is 14.7. The molecule has 62 heavy (non-hydrogen) atoms. The van der Waals surface area contributed by atoms with Gasteiger partial charge < -0.3 is 20.7 Å². The predicted octanol–water partition coefficient (Wildman–Crippen LogP) is 8.16. The summed E-state index contributed by atoms with van der Waals surface area (Å²) >= 11 is 6.44. The number of carbonyl (C=O) groups excluding carboxylic acids is 3. The summed E-state index contributed by atoms with van der Waals surface area (Å²) in [6, 6.07) is 14.8. The summed E-state index contributed by atoms with van der Waals surface area (Å²) in [6.07, 6.45) is 9.87. The smallest absolute Gasteiger partial charge is 0.328 e. The highest BCUT2D eigenvalue weighted by atomic mass is 35.5. The van der Waals surface area contributed by atoms with Crippen molar-refractivity contribution in [3.8, 4) is 17.0 Å². The molecule has 4 aliphatic rings. The molecule has 2 aliphatic heterocycles. The van der Waals surface area contributed by atoms with Crippen LogP contribution in [0.15, 0.2) is 67.0 Å². The van der Waals surface area contributed by atoms with Gasteiger partial charge in [-0.25, -0.2) is 23.1 Å². The van der Waals surface area contributed by atoms with Gasteiger partial charge in [-0.3, -0.25) is 29.7 Å². The number of rotatable bonds is 13. The minimum absolute atomic E-state index is 0.00780. The largest absolute Gasteiger partial charge is 0.489 e. The molecule has 2 aliphatic carbocycles. The van der Waals surface area contributed by atoms with Gasteiger partial charge in [0.15, 0.2) is 11.5 Å². The number of primary amides is 1. The van der Waals surface area contributed by atoms with Gasteiger partial charge in [0.2, 0.25) is 6.41 Å². The van der Waals surface area contributed by atoms with Gasteiger partial charge in [-0.1, -0.05) is 56.0 Å². The summed E-state index contributed by atoms with van der Waals surface area (Å²) in [6.45, 7) is 3.81. The number of halogens is 3. The minimum Gasteiger partial charge on any atom is -0.489 e. The molecule has 326 valence electrons. The summed E-state index contributed by atoms with van der Waals surface area (Å²) in [5.41, 5.74) is 11.7. The van der Waals surface area contributed by atoms with E-state index in [1.807, 2.05) is 36.1 Å². The van der Waals surface area contributed by atoms with Crippen LogP contribution >= 0.6 is 11.6 Å². The number of anilines is 4. The van der Waals surface area contributed by atoms with Crippen LogP contribution in [0, 0.1) is 5.41 Å². The molecular weight excluding hydrogens is 818 g/mol. The van der Waals surface area contributed by atoms with Crippen LogP contribution in [0.5, 0.6) is 5.75 Å². The maximum absolute atomic E-state index is 14.7. The van der Waals surface area contributed by atoms with Crippen molar-refractivity contribution in [1.82, 2.24) is 29.8 Å². The van der Waals surface area contributed by atoms with Gasteiger partial charge in [-0.05, 0) is 98.5 Å². The molecule has 3 fully saturated rings. The fourth-order valence-electron chi connectivity index (χ4n) is 8.95. The fourth-order valence-corrected chi connectivity index (χ4v) is 9.17. The summed E-state index contributed by atoms with van der Waals surface area (Å²) in [7, 11) is 1.79. The number of piperidine rings is 1. The Morgan fingerprint density at radius 2 is 1.82 bits per heavy atom. The third-order valence-corrected chi connectivity index (χ3v) is 12.6. The van der Waals surface area contributed by atoms with Crippen LogP contribution in [0.3, 0.4) is 0 Å². The van der Waals surface area contributed by atoms with E-state index in [0.29, 0.717) is 48.8 Å². The van der Waals surface area contributed by atoms with Crippen molar-refractivity contribution in [2.75, 3.05) is 48.3 Å². The van der Waals surface area contributed by atoms with Crippen molar-refractivity contribution in [2.24, 2.45) is 11.1 Å². The van der Waals surface area contributed by atoms with E-state index in [0.717, 1.165) is 60.3 Å². The Morgan fingerprint density at radius 1 is 1.05 bits per heavy atom. The number of alkyl halides is 2. The van der Waals surface area contributed by atoms with Gasteiger partial charge in [0.05, 0.1) is 46.6 Å². The Labute approximate surface area is 363 Å². The maximum Gasteiger partial charge on any atom is 0.328 e. The first kappa shape index (κ1) is 42.8. The Hall–Kier alpha value is -5.87. The zero-order chi connectivity index (χ0) is 43.5. The zero-order valence-corrected chi connectivity index (χ0v) is 35.6. The summed E-state index contributed by atoms with van der Waals surface area (Å²) < 4.78 is 37.3. The van der Waals surface area contributed by atoms with E-state index in [9.17, 15) is 23.2 Å². The Balaban J connectivity index is 0.00000169. The number of nitrogens with two attached hydrogens (primary N) is 1. The molecule has 4 N–H and O–H groups in total. The normalized spacial score (nSPS) is 17.2. The number of hydrogen-bond acceptors (Lipinski definition) is 10. The number of aromatic nitrogens is 4. The summed E-state index contributed by atoms with van der Waals surface area (Å²) in [5.74, 6) is 0.722. The number of fused-ring (bicyclic) bond motifs is 2. The van der Waals surface area contributed by atoms with Crippen LogP contribution in [0.2, 0.25) is 5.02 Å². The standard InChI is InChI=1S/C42H45ClF2N10O4.C3H6/c1-3-14-54(41(58)50-24-56)34-18-25(7-9-30(34)43)37(38(44)45)52-16-12-42(13-17-52)20-27(21-42)59-26-8-10-31(48-22-26)28-5-4-6-33-29(28)11-15-53(33)36-19-32(47-2)40-49-23-35(39(46)57)55(40)51-36;1-2-3-1/h4-10,18-19,22-24,27,37-38,47H,3,11-17,20-21H2,1-2H3,(H2,46,57)(H,50,56,58);1-3H2. The number of ether oxygens (including phenoxy) is 1. The molecule has 9 rings (SSSR count). The van der Waals surface area contributed by atoms with Gasteiger partial charge in [-0.15, -0.1) is 5.10 Å². The number of urea groups is 1. The highest BCUT2D eigenvalue weighted by molar-refractivity contribution is 6.33. The second-order valence-corrected chi connectivity index (χ2v) is 16.9. The number of imide groups is 1. The molecule has 5 aromatic rings. The third-order valence-electron chi connectivity index (χ3n) is 12.2. The number of pyridine rings is 1. The third kappa shape index (κ3) is 8.75. The number of imidazole rings is 1. The van der Waals surface area contributed by atoms with Crippen LogP contribution in [0.25, 0.3) is 16.9 Å². The zero-order valence-electron chi connectivity index (χ0n) is 34.8. The van der Waals surface area contributed by atoms with Crippen molar-refractivity contribution in [2.45, 2.75) is 83.3 Å². The lowest BCUT2D eigenvalue weighted by Crippen LogP contribution is -2.52. The van der Waals surface area contributed by atoms with Crippen molar-refractivity contribution in [3.05, 3.63) is 88.8 Å². The second kappa shape index (κ2) is 18.2. The van der Waals surface area contributed by atoms with Gasteiger partial charge in [-0.2, -0.15) is 0 Å². The average Bonchev–Trinajstić information content (AvgIpc) is 3.98. The lowest BCUT2D eigenvalue weighted by Gasteiger charge is -2.52. The van der Waals surface area contributed by atoms with Crippen molar-refractivity contribution in [3.63, 3.8) is 0 Å². The number of benzene rings is 2. The van der Waals surface area contributed by atoms with Crippen molar-refractivity contribution >= 4 is 58.5 Å². The molecule has 0 bridgehead atoms. The lowest BCUT2D eigenvalue weighted by molar-refractivity contribution is -0.108. The molecule has 1 atom stereocenters. The van der Waals surface area contributed by atoms with Gasteiger partial charge in [0, 0.05) is 37.5 Å². The molecule has 5 heterocycles. The molecule has 17 heteroatoms. The molecular formula is C45H51ClF2N10O4. The molecule has 1 unspecified atom stereocenters. The Kier molecular flexibility index (Phi) is 12.6.